The van der Waals surface area contributed by atoms with Crippen molar-refractivity contribution < 1.29 is 4.79 Å². The smallest absolute Gasteiger partial charge is 0.315 e. The van der Waals surface area contributed by atoms with Gasteiger partial charge in [-0.25, -0.2) is 4.79 Å². The van der Waals surface area contributed by atoms with Crippen molar-refractivity contribution in [3.05, 3.63) is 30.1 Å². The molecule has 1 aliphatic rings. The SMILES string of the molecule is CCCC(N)C(C)(CNC(=O)NC1CNCC(C)C1)C(=N)c1ccncc1. The molecule has 2 rings (SSSR count). The fourth-order valence-electron chi connectivity index (χ4n) is 3.65. The van der Waals surface area contributed by atoms with Gasteiger partial charge in [-0.05, 0) is 43.0 Å². The standard InChI is InChI=1S/C20H34N6O/c1-4-5-17(21)20(3,18(22)15-6-8-23-9-7-15)13-25-19(27)26-16-10-14(2)11-24-12-16/h6-9,14,16-17,22,24H,4-5,10-13,21H2,1-3H3,(H2,25,26,27). The van der Waals surface area contributed by atoms with E-state index in [1.165, 1.54) is 0 Å². The molecule has 1 aromatic rings. The lowest BCUT2D eigenvalue weighted by molar-refractivity contribution is 0.224. The predicted molar refractivity (Wildman–Crippen MR) is 109 cm³/mol. The maximum absolute atomic E-state index is 12.4. The Morgan fingerprint density at radius 2 is 2.15 bits per heavy atom. The number of piperidine rings is 1. The van der Waals surface area contributed by atoms with E-state index in [0.717, 1.165) is 37.9 Å². The summed E-state index contributed by atoms with van der Waals surface area (Å²) in [5.74, 6) is 0.548. The molecule has 2 amide bonds. The molecule has 2 heterocycles. The molecule has 1 aliphatic heterocycles. The number of carbonyl (C=O) groups excluding carboxylic acids is 1. The van der Waals surface area contributed by atoms with Gasteiger partial charge in [-0.3, -0.25) is 4.98 Å². The van der Waals surface area contributed by atoms with E-state index in [0.29, 0.717) is 18.2 Å². The Morgan fingerprint density at radius 3 is 2.78 bits per heavy atom. The quantitative estimate of drug-likeness (QED) is 0.447. The van der Waals surface area contributed by atoms with Crippen LogP contribution in [0.2, 0.25) is 0 Å². The summed E-state index contributed by atoms with van der Waals surface area (Å²) in [5.41, 5.74) is 7.01. The number of pyridine rings is 1. The van der Waals surface area contributed by atoms with Crippen molar-refractivity contribution >= 4 is 11.7 Å². The van der Waals surface area contributed by atoms with Gasteiger partial charge in [0.1, 0.15) is 0 Å². The van der Waals surface area contributed by atoms with E-state index in [-0.39, 0.29) is 18.1 Å². The van der Waals surface area contributed by atoms with Crippen LogP contribution < -0.4 is 21.7 Å². The first-order valence-corrected chi connectivity index (χ1v) is 9.87. The van der Waals surface area contributed by atoms with Crippen molar-refractivity contribution in [2.45, 2.75) is 52.1 Å². The number of nitrogens with one attached hydrogen (secondary N) is 4. The molecule has 1 aromatic heterocycles. The molecule has 1 saturated heterocycles. The lowest BCUT2D eigenvalue weighted by atomic mass is 9.74. The summed E-state index contributed by atoms with van der Waals surface area (Å²) >= 11 is 0. The molecule has 7 heteroatoms. The zero-order valence-electron chi connectivity index (χ0n) is 16.7. The molecule has 0 bridgehead atoms. The van der Waals surface area contributed by atoms with Crippen LogP contribution in [-0.2, 0) is 0 Å². The van der Waals surface area contributed by atoms with Crippen LogP contribution in [0.1, 0.15) is 45.6 Å². The maximum Gasteiger partial charge on any atom is 0.315 e. The second-order valence-electron chi connectivity index (χ2n) is 7.95. The van der Waals surface area contributed by atoms with Gasteiger partial charge in [0.15, 0.2) is 0 Å². The molecule has 150 valence electrons. The van der Waals surface area contributed by atoms with Crippen molar-refractivity contribution in [2.75, 3.05) is 19.6 Å². The number of carbonyl (C=O) groups is 1. The zero-order valence-corrected chi connectivity index (χ0v) is 16.7. The Bertz CT molecular complexity index is 622. The molecule has 0 aliphatic carbocycles. The molecule has 4 unspecified atom stereocenters. The van der Waals surface area contributed by atoms with Gasteiger partial charge in [-0.15, -0.1) is 0 Å². The highest BCUT2D eigenvalue weighted by atomic mass is 16.2. The molecular weight excluding hydrogens is 340 g/mol. The summed E-state index contributed by atoms with van der Waals surface area (Å²) in [6.07, 6.45) is 6.04. The molecule has 6 N–H and O–H groups in total. The average molecular weight is 375 g/mol. The third-order valence-corrected chi connectivity index (χ3v) is 5.48. The number of aromatic nitrogens is 1. The average Bonchev–Trinajstić information content (AvgIpc) is 2.66. The molecular formula is C20H34N6O. The first-order chi connectivity index (χ1) is 12.9. The van der Waals surface area contributed by atoms with Crippen molar-refractivity contribution in [1.29, 1.82) is 5.41 Å². The van der Waals surface area contributed by atoms with Crippen LogP contribution in [0, 0.1) is 16.7 Å². The van der Waals surface area contributed by atoms with Crippen LogP contribution in [0.3, 0.4) is 0 Å². The predicted octanol–water partition coefficient (Wildman–Crippen LogP) is 1.88. The third-order valence-electron chi connectivity index (χ3n) is 5.48. The van der Waals surface area contributed by atoms with Crippen molar-refractivity contribution in [1.82, 2.24) is 20.9 Å². The number of nitrogens with two attached hydrogens (primary N) is 1. The van der Waals surface area contributed by atoms with Crippen LogP contribution in [0.15, 0.2) is 24.5 Å². The zero-order chi connectivity index (χ0) is 19.9. The molecule has 0 radical (unpaired) electrons. The van der Waals surface area contributed by atoms with Gasteiger partial charge in [-0.1, -0.05) is 27.2 Å². The Hall–Kier alpha value is -1.99. The lowest BCUT2D eigenvalue weighted by Gasteiger charge is -2.37. The first-order valence-electron chi connectivity index (χ1n) is 9.87. The second kappa shape index (κ2) is 9.80. The minimum absolute atomic E-state index is 0.129. The maximum atomic E-state index is 12.4. The number of hydrogen-bond acceptors (Lipinski definition) is 5. The number of urea groups is 1. The van der Waals surface area contributed by atoms with Crippen molar-refractivity contribution in [3.63, 3.8) is 0 Å². The molecule has 0 saturated carbocycles. The number of amides is 2. The van der Waals surface area contributed by atoms with E-state index in [4.69, 9.17) is 11.1 Å². The summed E-state index contributed by atoms with van der Waals surface area (Å²) in [6, 6.07) is 3.33. The highest BCUT2D eigenvalue weighted by Gasteiger charge is 2.37. The van der Waals surface area contributed by atoms with Crippen molar-refractivity contribution in [2.24, 2.45) is 17.1 Å². The minimum Gasteiger partial charge on any atom is -0.337 e. The van der Waals surface area contributed by atoms with E-state index < -0.39 is 5.41 Å². The summed E-state index contributed by atoms with van der Waals surface area (Å²) in [5, 5.41) is 18.1. The van der Waals surface area contributed by atoms with E-state index >= 15 is 0 Å². The van der Waals surface area contributed by atoms with Gasteiger partial charge < -0.3 is 27.1 Å². The topological polar surface area (TPSA) is 116 Å². The van der Waals surface area contributed by atoms with Gasteiger partial charge in [0.25, 0.3) is 0 Å². The first kappa shape index (κ1) is 21.3. The van der Waals surface area contributed by atoms with E-state index in [1.807, 2.05) is 19.1 Å². The van der Waals surface area contributed by atoms with E-state index in [9.17, 15) is 4.79 Å². The summed E-state index contributed by atoms with van der Waals surface area (Å²) in [4.78, 5) is 16.5. The molecule has 27 heavy (non-hydrogen) atoms. The van der Waals surface area contributed by atoms with Gasteiger partial charge >= 0.3 is 6.03 Å². The van der Waals surface area contributed by atoms with Gasteiger partial charge in [0.2, 0.25) is 0 Å². The molecule has 0 aromatic carbocycles. The Labute approximate surface area is 162 Å². The summed E-state index contributed by atoms with van der Waals surface area (Å²) in [7, 11) is 0. The van der Waals surface area contributed by atoms with E-state index in [2.05, 4.69) is 34.8 Å². The number of rotatable bonds is 8. The van der Waals surface area contributed by atoms with Crippen molar-refractivity contribution in [3.8, 4) is 0 Å². The van der Waals surface area contributed by atoms with Gasteiger partial charge in [0, 0.05) is 48.7 Å². The Kier molecular flexibility index (Phi) is 7.74. The number of hydrogen-bond donors (Lipinski definition) is 5. The largest absolute Gasteiger partial charge is 0.337 e. The third kappa shape index (κ3) is 5.74. The van der Waals surface area contributed by atoms with Crippen LogP contribution in [-0.4, -0.2) is 48.4 Å². The summed E-state index contributed by atoms with van der Waals surface area (Å²) < 4.78 is 0. The molecule has 4 atom stereocenters. The fourth-order valence-corrected chi connectivity index (χ4v) is 3.65. The molecule has 7 nitrogen and oxygen atoms in total. The van der Waals surface area contributed by atoms with Crippen LogP contribution in [0.25, 0.3) is 0 Å². The van der Waals surface area contributed by atoms with Gasteiger partial charge in [0.05, 0.1) is 0 Å². The monoisotopic (exact) mass is 374 g/mol. The van der Waals surface area contributed by atoms with Crippen LogP contribution in [0.5, 0.6) is 0 Å². The van der Waals surface area contributed by atoms with Gasteiger partial charge in [-0.2, -0.15) is 0 Å². The van der Waals surface area contributed by atoms with E-state index in [1.54, 1.807) is 12.4 Å². The Balaban J connectivity index is 2.03. The van der Waals surface area contributed by atoms with Crippen LogP contribution in [0.4, 0.5) is 4.79 Å². The number of nitrogens with zero attached hydrogens (tertiary/aromatic N) is 1. The molecule has 0 spiro atoms. The Morgan fingerprint density at radius 1 is 1.44 bits per heavy atom. The summed E-state index contributed by atoms with van der Waals surface area (Å²) in [6.45, 7) is 8.31. The fraction of sp³-hybridized carbons (Fsp3) is 0.650. The highest BCUT2D eigenvalue weighted by Crippen LogP contribution is 2.27. The molecule has 1 fully saturated rings. The lowest BCUT2D eigenvalue weighted by Crippen LogP contribution is -2.56. The second-order valence-corrected chi connectivity index (χ2v) is 7.95. The minimum atomic E-state index is -0.660. The van der Waals surface area contributed by atoms with Crippen LogP contribution >= 0.6 is 0 Å². The normalized spacial score (nSPS) is 23.1. The highest BCUT2D eigenvalue weighted by molar-refractivity contribution is 6.03.